The minimum Gasteiger partial charge on any atom is -0.373 e. The number of likely N-dealkylation sites (N-methyl/N-ethyl adjacent to an activating group) is 1. The van der Waals surface area contributed by atoms with Crippen LogP contribution < -0.4 is 10.2 Å². The van der Waals surface area contributed by atoms with Gasteiger partial charge >= 0.3 is 0 Å². The minimum atomic E-state index is 0.272. The van der Waals surface area contributed by atoms with Crippen molar-refractivity contribution in [1.82, 2.24) is 5.32 Å². The standard InChI is InChI=1S/C17H30N2/c1-7-12-18-16(17(3,4)5)13-19(6)15-10-8-14(2)9-11-15/h8-11,16,18H,7,12-13H2,1-6H3. The van der Waals surface area contributed by atoms with Crippen LogP contribution in [0.3, 0.4) is 0 Å². The van der Waals surface area contributed by atoms with Gasteiger partial charge in [-0.25, -0.2) is 0 Å². The summed E-state index contributed by atoms with van der Waals surface area (Å²) in [5.41, 5.74) is 2.88. The van der Waals surface area contributed by atoms with E-state index in [2.05, 4.69) is 76.1 Å². The van der Waals surface area contributed by atoms with Crippen LogP contribution in [-0.2, 0) is 0 Å². The maximum Gasteiger partial charge on any atom is 0.0364 e. The highest BCUT2D eigenvalue weighted by molar-refractivity contribution is 5.46. The van der Waals surface area contributed by atoms with Crippen LogP contribution in [0.4, 0.5) is 5.69 Å². The summed E-state index contributed by atoms with van der Waals surface area (Å²) in [5, 5.41) is 3.68. The Kier molecular flexibility index (Phi) is 5.86. The molecule has 0 radical (unpaired) electrons. The number of anilines is 1. The largest absolute Gasteiger partial charge is 0.373 e. The molecule has 2 nitrogen and oxygen atoms in total. The van der Waals surface area contributed by atoms with E-state index in [1.807, 2.05) is 0 Å². The van der Waals surface area contributed by atoms with E-state index >= 15 is 0 Å². The number of nitrogens with zero attached hydrogens (tertiary/aromatic N) is 1. The molecule has 1 atom stereocenters. The minimum absolute atomic E-state index is 0.272. The molecule has 0 aromatic heterocycles. The van der Waals surface area contributed by atoms with E-state index in [-0.39, 0.29) is 5.41 Å². The first-order valence-electron chi connectivity index (χ1n) is 7.35. The second kappa shape index (κ2) is 6.95. The van der Waals surface area contributed by atoms with Gasteiger partial charge in [-0.3, -0.25) is 0 Å². The van der Waals surface area contributed by atoms with Gasteiger partial charge in [-0.15, -0.1) is 0 Å². The van der Waals surface area contributed by atoms with Gasteiger partial charge in [-0.05, 0) is 37.4 Å². The first-order chi connectivity index (χ1) is 8.84. The molecule has 0 saturated heterocycles. The molecule has 108 valence electrons. The van der Waals surface area contributed by atoms with E-state index in [1.165, 1.54) is 17.7 Å². The second-order valence-corrected chi connectivity index (χ2v) is 6.59. The Morgan fingerprint density at radius 2 is 1.74 bits per heavy atom. The zero-order valence-electron chi connectivity index (χ0n) is 13.5. The first kappa shape index (κ1) is 16.0. The van der Waals surface area contributed by atoms with Gasteiger partial charge in [0, 0.05) is 25.3 Å². The monoisotopic (exact) mass is 262 g/mol. The molecule has 0 bridgehead atoms. The predicted molar refractivity (Wildman–Crippen MR) is 86.0 cm³/mol. The van der Waals surface area contributed by atoms with Gasteiger partial charge in [0.25, 0.3) is 0 Å². The fourth-order valence-electron chi connectivity index (χ4n) is 2.14. The number of rotatable bonds is 6. The van der Waals surface area contributed by atoms with Crippen molar-refractivity contribution in [2.45, 2.75) is 47.1 Å². The smallest absolute Gasteiger partial charge is 0.0364 e. The molecule has 0 aliphatic rings. The molecule has 1 aromatic carbocycles. The molecule has 1 N–H and O–H groups in total. The quantitative estimate of drug-likeness (QED) is 0.838. The fraction of sp³-hybridized carbons (Fsp3) is 0.647. The molecule has 0 aliphatic heterocycles. The molecule has 1 unspecified atom stereocenters. The van der Waals surface area contributed by atoms with E-state index in [4.69, 9.17) is 0 Å². The maximum atomic E-state index is 3.68. The van der Waals surface area contributed by atoms with Gasteiger partial charge in [-0.2, -0.15) is 0 Å². The third-order valence-corrected chi connectivity index (χ3v) is 3.62. The van der Waals surface area contributed by atoms with Crippen molar-refractivity contribution in [3.63, 3.8) is 0 Å². The topological polar surface area (TPSA) is 15.3 Å². The zero-order chi connectivity index (χ0) is 14.5. The molecule has 19 heavy (non-hydrogen) atoms. The van der Waals surface area contributed by atoms with Crippen LogP contribution in [0, 0.1) is 12.3 Å². The number of hydrogen-bond donors (Lipinski definition) is 1. The zero-order valence-corrected chi connectivity index (χ0v) is 13.5. The van der Waals surface area contributed by atoms with Crippen molar-refractivity contribution >= 4 is 5.69 Å². The molecular weight excluding hydrogens is 232 g/mol. The van der Waals surface area contributed by atoms with Crippen LogP contribution in [0.1, 0.15) is 39.7 Å². The Bertz CT molecular complexity index is 362. The Morgan fingerprint density at radius 3 is 2.21 bits per heavy atom. The van der Waals surface area contributed by atoms with E-state index in [0.717, 1.165) is 13.1 Å². The summed E-state index contributed by atoms with van der Waals surface area (Å²) in [6.07, 6.45) is 1.18. The van der Waals surface area contributed by atoms with E-state index < -0.39 is 0 Å². The summed E-state index contributed by atoms with van der Waals surface area (Å²) in [6, 6.07) is 9.26. The van der Waals surface area contributed by atoms with Gasteiger partial charge in [0.1, 0.15) is 0 Å². The molecule has 1 aromatic rings. The lowest BCUT2D eigenvalue weighted by Crippen LogP contribution is -2.48. The fourth-order valence-corrected chi connectivity index (χ4v) is 2.14. The van der Waals surface area contributed by atoms with E-state index in [1.54, 1.807) is 0 Å². The third-order valence-electron chi connectivity index (χ3n) is 3.62. The Labute approximate surface area is 119 Å². The lowest BCUT2D eigenvalue weighted by Gasteiger charge is -2.35. The van der Waals surface area contributed by atoms with Crippen molar-refractivity contribution in [2.75, 3.05) is 25.0 Å². The van der Waals surface area contributed by atoms with Crippen LogP contribution in [0.2, 0.25) is 0 Å². The average molecular weight is 262 g/mol. The number of nitrogens with one attached hydrogen (secondary N) is 1. The highest BCUT2D eigenvalue weighted by Gasteiger charge is 2.25. The molecule has 0 fully saturated rings. The summed E-state index contributed by atoms with van der Waals surface area (Å²) >= 11 is 0. The van der Waals surface area contributed by atoms with Gasteiger partial charge in [0.15, 0.2) is 0 Å². The van der Waals surface area contributed by atoms with Crippen LogP contribution in [0.5, 0.6) is 0 Å². The van der Waals surface area contributed by atoms with Gasteiger partial charge in [0.05, 0.1) is 0 Å². The molecular formula is C17H30N2. The van der Waals surface area contributed by atoms with Crippen molar-refractivity contribution in [1.29, 1.82) is 0 Å². The maximum absolute atomic E-state index is 3.68. The second-order valence-electron chi connectivity index (χ2n) is 6.59. The van der Waals surface area contributed by atoms with Gasteiger partial charge < -0.3 is 10.2 Å². The summed E-state index contributed by atoms with van der Waals surface area (Å²) in [6.45, 7) is 13.4. The normalized spacial score (nSPS) is 13.4. The number of benzene rings is 1. The summed E-state index contributed by atoms with van der Waals surface area (Å²) in [5.74, 6) is 0. The number of hydrogen-bond acceptors (Lipinski definition) is 2. The molecule has 0 amide bonds. The number of aryl methyl sites for hydroxylation is 1. The predicted octanol–water partition coefficient (Wildman–Crippen LogP) is 3.85. The summed E-state index contributed by atoms with van der Waals surface area (Å²) < 4.78 is 0. The third kappa shape index (κ3) is 5.23. The van der Waals surface area contributed by atoms with E-state index in [9.17, 15) is 0 Å². The first-order valence-corrected chi connectivity index (χ1v) is 7.35. The summed E-state index contributed by atoms with van der Waals surface area (Å²) in [7, 11) is 2.18. The lowest BCUT2D eigenvalue weighted by molar-refractivity contribution is 0.272. The molecule has 1 rings (SSSR count). The lowest BCUT2D eigenvalue weighted by atomic mass is 9.86. The van der Waals surface area contributed by atoms with Crippen LogP contribution in [-0.4, -0.2) is 26.2 Å². The molecule has 0 saturated carbocycles. The molecule has 0 heterocycles. The Morgan fingerprint density at radius 1 is 1.16 bits per heavy atom. The highest BCUT2D eigenvalue weighted by atomic mass is 15.1. The SMILES string of the molecule is CCCNC(CN(C)c1ccc(C)cc1)C(C)(C)C. The van der Waals surface area contributed by atoms with Crippen LogP contribution in [0.25, 0.3) is 0 Å². The van der Waals surface area contributed by atoms with Crippen molar-refractivity contribution < 1.29 is 0 Å². The van der Waals surface area contributed by atoms with E-state index in [0.29, 0.717) is 6.04 Å². The molecule has 2 heteroatoms. The van der Waals surface area contributed by atoms with Crippen LogP contribution in [0.15, 0.2) is 24.3 Å². The van der Waals surface area contributed by atoms with Crippen molar-refractivity contribution in [3.8, 4) is 0 Å². The van der Waals surface area contributed by atoms with Crippen molar-refractivity contribution in [2.24, 2.45) is 5.41 Å². The van der Waals surface area contributed by atoms with Gasteiger partial charge in [-0.1, -0.05) is 45.4 Å². The van der Waals surface area contributed by atoms with Crippen molar-refractivity contribution in [3.05, 3.63) is 29.8 Å². The van der Waals surface area contributed by atoms with Gasteiger partial charge in [0.2, 0.25) is 0 Å². The average Bonchev–Trinajstić information content (AvgIpc) is 2.33. The molecule has 0 aliphatic carbocycles. The Balaban J connectivity index is 2.70. The summed E-state index contributed by atoms with van der Waals surface area (Å²) in [4.78, 5) is 2.35. The van der Waals surface area contributed by atoms with Crippen LogP contribution >= 0.6 is 0 Å². The highest BCUT2D eigenvalue weighted by Crippen LogP contribution is 2.22. The molecule has 0 spiro atoms. The Hall–Kier alpha value is -1.02.